The molecule has 0 aliphatic carbocycles. The number of halogens is 3. The molecule has 0 fully saturated rings. The van der Waals surface area contributed by atoms with E-state index in [1.54, 1.807) is 26.8 Å². The summed E-state index contributed by atoms with van der Waals surface area (Å²) in [5.41, 5.74) is 4.15. The van der Waals surface area contributed by atoms with Gasteiger partial charge in [0.2, 0.25) is 0 Å². The van der Waals surface area contributed by atoms with Crippen molar-refractivity contribution in [1.29, 1.82) is 0 Å². The average molecular weight is 530 g/mol. The molecule has 0 spiro atoms. The number of nitrogens with zero attached hydrogens (tertiary/aromatic N) is 2. The standard InChI is InChI=1S/C23H26F3N3O6S/c1-22(2,3)35-21(30)10-14-7-8-19-18(9-14)29(13-16(34-19)12-20(27)28-31)36(32,33)17-6-4-5-15(11-17)23(24,25)26/h4-9,11,16,31H,10,12-13H2,1-3H3,(H2,27,28)/t16-/m0/s1. The van der Waals surface area contributed by atoms with Crippen molar-refractivity contribution in [2.75, 3.05) is 10.8 Å². The highest BCUT2D eigenvalue weighted by atomic mass is 32.2. The molecular formula is C23H26F3N3O6S. The Kier molecular flexibility index (Phi) is 7.44. The summed E-state index contributed by atoms with van der Waals surface area (Å²) in [6, 6.07) is 7.78. The minimum absolute atomic E-state index is 0.0317. The molecular weight excluding hydrogens is 503 g/mol. The van der Waals surface area contributed by atoms with E-state index in [1.807, 2.05) is 0 Å². The first-order valence-corrected chi connectivity index (χ1v) is 12.2. The van der Waals surface area contributed by atoms with Gasteiger partial charge in [0.05, 0.1) is 29.1 Å². The van der Waals surface area contributed by atoms with E-state index in [9.17, 15) is 26.4 Å². The minimum atomic E-state index is -4.75. The molecule has 0 saturated carbocycles. The lowest BCUT2D eigenvalue weighted by Crippen LogP contribution is -2.45. The number of ether oxygens (including phenoxy) is 2. The lowest BCUT2D eigenvalue weighted by molar-refractivity contribution is -0.153. The van der Waals surface area contributed by atoms with Gasteiger partial charge in [0.1, 0.15) is 23.3 Å². The Bertz CT molecular complexity index is 1270. The molecule has 0 amide bonds. The second kappa shape index (κ2) is 9.88. The zero-order valence-electron chi connectivity index (χ0n) is 19.7. The highest BCUT2D eigenvalue weighted by molar-refractivity contribution is 7.92. The molecule has 0 radical (unpaired) electrons. The van der Waals surface area contributed by atoms with Crippen molar-refractivity contribution in [2.24, 2.45) is 10.9 Å². The molecule has 36 heavy (non-hydrogen) atoms. The van der Waals surface area contributed by atoms with Crippen molar-refractivity contribution in [3.8, 4) is 5.75 Å². The normalized spacial score (nSPS) is 16.8. The maximum Gasteiger partial charge on any atom is 0.416 e. The highest BCUT2D eigenvalue weighted by Crippen LogP contribution is 2.39. The third-order valence-electron chi connectivity index (χ3n) is 5.04. The van der Waals surface area contributed by atoms with Gasteiger partial charge >= 0.3 is 12.1 Å². The molecule has 3 rings (SSSR count). The van der Waals surface area contributed by atoms with Crippen LogP contribution >= 0.6 is 0 Å². The molecule has 1 heterocycles. The number of hydrogen-bond donors (Lipinski definition) is 2. The summed E-state index contributed by atoms with van der Waals surface area (Å²) >= 11 is 0. The van der Waals surface area contributed by atoms with E-state index in [0.717, 1.165) is 22.5 Å². The summed E-state index contributed by atoms with van der Waals surface area (Å²) in [5.74, 6) is -0.668. The third-order valence-corrected chi connectivity index (χ3v) is 6.81. The van der Waals surface area contributed by atoms with Crippen molar-refractivity contribution in [3.63, 3.8) is 0 Å². The summed E-state index contributed by atoms with van der Waals surface area (Å²) in [4.78, 5) is 11.7. The molecule has 0 bridgehead atoms. The Balaban J connectivity index is 2.05. The first-order chi connectivity index (χ1) is 16.6. The largest absolute Gasteiger partial charge is 0.486 e. The number of carbonyl (C=O) groups is 1. The molecule has 0 aromatic heterocycles. The molecule has 196 valence electrons. The average Bonchev–Trinajstić information content (AvgIpc) is 2.76. The van der Waals surface area contributed by atoms with Gasteiger partial charge in [0.25, 0.3) is 10.0 Å². The fourth-order valence-electron chi connectivity index (χ4n) is 3.58. The molecule has 2 aromatic rings. The van der Waals surface area contributed by atoms with E-state index < -0.39 is 44.3 Å². The predicted molar refractivity (Wildman–Crippen MR) is 124 cm³/mol. The SMILES string of the molecule is CC(C)(C)OC(=O)Cc1ccc2c(c1)N(S(=O)(=O)c1cccc(C(F)(F)F)c1)C[C@H](CC(N)=NO)O2. The van der Waals surface area contributed by atoms with E-state index in [2.05, 4.69) is 5.16 Å². The predicted octanol–water partition coefficient (Wildman–Crippen LogP) is 3.68. The number of carbonyl (C=O) groups excluding carboxylic acids is 1. The molecule has 13 heteroatoms. The van der Waals surface area contributed by atoms with Gasteiger partial charge in [-0.2, -0.15) is 13.2 Å². The van der Waals surface area contributed by atoms with Crippen molar-refractivity contribution >= 4 is 27.5 Å². The quantitative estimate of drug-likeness (QED) is 0.192. The lowest BCUT2D eigenvalue weighted by atomic mass is 10.1. The molecule has 1 aliphatic heterocycles. The van der Waals surface area contributed by atoms with E-state index in [-0.39, 0.29) is 36.7 Å². The van der Waals surface area contributed by atoms with Gasteiger partial charge in [-0.15, -0.1) is 0 Å². The molecule has 0 unspecified atom stereocenters. The zero-order chi connectivity index (χ0) is 26.9. The number of anilines is 1. The number of hydrogen-bond acceptors (Lipinski definition) is 7. The summed E-state index contributed by atoms with van der Waals surface area (Å²) in [6.07, 6.45) is -5.96. The second-order valence-electron chi connectivity index (χ2n) is 9.16. The Morgan fingerprint density at radius 1 is 1.22 bits per heavy atom. The van der Waals surface area contributed by atoms with Gasteiger partial charge in [-0.25, -0.2) is 8.42 Å². The number of sulfonamides is 1. The summed E-state index contributed by atoms with van der Waals surface area (Å²) < 4.78 is 78.9. The Labute approximate surface area is 206 Å². The van der Waals surface area contributed by atoms with E-state index in [1.165, 1.54) is 12.1 Å². The number of esters is 1. The van der Waals surface area contributed by atoms with Gasteiger partial charge in [-0.3, -0.25) is 9.10 Å². The fraction of sp³-hybridized carbons (Fsp3) is 0.391. The van der Waals surface area contributed by atoms with Gasteiger partial charge in [0.15, 0.2) is 0 Å². The Morgan fingerprint density at radius 3 is 2.53 bits per heavy atom. The van der Waals surface area contributed by atoms with Crippen LogP contribution in [-0.2, 0) is 32.2 Å². The number of nitrogens with two attached hydrogens (primary N) is 1. The highest BCUT2D eigenvalue weighted by Gasteiger charge is 2.37. The van der Waals surface area contributed by atoms with Crippen LogP contribution in [0.15, 0.2) is 52.5 Å². The fourth-order valence-corrected chi connectivity index (χ4v) is 5.12. The number of alkyl halides is 3. The van der Waals surface area contributed by atoms with Crippen LogP contribution in [0.4, 0.5) is 18.9 Å². The molecule has 1 atom stereocenters. The molecule has 9 nitrogen and oxygen atoms in total. The molecule has 3 N–H and O–H groups in total. The van der Waals surface area contributed by atoms with Crippen molar-refractivity contribution in [1.82, 2.24) is 0 Å². The molecule has 2 aromatic carbocycles. The van der Waals surface area contributed by atoms with Crippen LogP contribution < -0.4 is 14.8 Å². The number of benzene rings is 2. The maximum atomic E-state index is 13.6. The van der Waals surface area contributed by atoms with E-state index in [0.29, 0.717) is 11.6 Å². The number of amidine groups is 1. The van der Waals surface area contributed by atoms with E-state index >= 15 is 0 Å². The van der Waals surface area contributed by atoms with Crippen LogP contribution in [0.2, 0.25) is 0 Å². The Morgan fingerprint density at radius 2 is 1.92 bits per heavy atom. The maximum absolute atomic E-state index is 13.6. The van der Waals surface area contributed by atoms with Gasteiger partial charge < -0.3 is 20.4 Å². The van der Waals surface area contributed by atoms with Crippen LogP contribution in [0.3, 0.4) is 0 Å². The third kappa shape index (κ3) is 6.39. The topological polar surface area (TPSA) is 132 Å². The first-order valence-electron chi connectivity index (χ1n) is 10.8. The van der Waals surface area contributed by atoms with Gasteiger partial charge in [-0.05, 0) is 56.7 Å². The van der Waals surface area contributed by atoms with E-state index in [4.69, 9.17) is 20.4 Å². The van der Waals surface area contributed by atoms with Crippen molar-refractivity contribution in [2.45, 2.75) is 56.4 Å². The smallest absolute Gasteiger partial charge is 0.416 e. The first kappa shape index (κ1) is 27.1. The number of rotatable bonds is 6. The Hall–Kier alpha value is -3.48. The minimum Gasteiger partial charge on any atom is -0.486 e. The van der Waals surface area contributed by atoms with Crippen LogP contribution in [-0.4, -0.2) is 43.7 Å². The van der Waals surface area contributed by atoms with Crippen molar-refractivity contribution < 1.29 is 41.1 Å². The van der Waals surface area contributed by atoms with Gasteiger partial charge in [-0.1, -0.05) is 17.3 Å². The van der Waals surface area contributed by atoms with Crippen LogP contribution in [0.1, 0.15) is 38.3 Å². The molecule has 1 aliphatic rings. The molecule has 0 saturated heterocycles. The number of fused-ring (bicyclic) bond motifs is 1. The van der Waals surface area contributed by atoms with Crippen LogP contribution in [0.5, 0.6) is 5.75 Å². The second-order valence-corrected chi connectivity index (χ2v) is 11.0. The van der Waals surface area contributed by atoms with Crippen LogP contribution in [0.25, 0.3) is 0 Å². The monoisotopic (exact) mass is 529 g/mol. The number of oxime groups is 1. The van der Waals surface area contributed by atoms with Crippen LogP contribution in [0, 0.1) is 0 Å². The summed E-state index contributed by atoms with van der Waals surface area (Å²) in [5, 5.41) is 11.8. The zero-order valence-corrected chi connectivity index (χ0v) is 20.6. The lowest BCUT2D eigenvalue weighted by Gasteiger charge is -2.35. The van der Waals surface area contributed by atoms with Crippen molar-refractivity contribution in [3.05, 3.63) is 53.6 Å². The summed E-state index contributed by atoms with van der Waals surface area (Å²) in [7, 11) is -4.51. The van der Waals surface area contributed by atoms with Gasteiger partial charge in [0, 0.05) is 6.42 Å². The summed E-state index contributed by atoms with van der Waals surface area (Å²) in [6.45, 7) is 4.78.